The van der Waals surface area contributed by atoms with Gasteiger partial charge in [-0.05, 0) is 35.8 Å². The number of ether oxygens (including phenoxy) is 6. The summed E-state index contributed by atoms with van der Waals surface area (Å²) in [5, 5.41) is 2.83. The number of amides is 1. The van der Waals surface area contributed by atoms with Crippen LogP contribution < -0.4 is 5.32 Å². The maximum atomic E-state index is 13.6. The predicted octanol–water partition coefficient (Wildman–Crippen LogP) is 5.35. The van der Waals surface area contributed by atoms with Gasteiger partial charge in [0.05, 0.1) is 35.2 Å². The second kappa shape index (κ2) is 21.5. The van der Waals surface area contributed by atoms with Gasteiger partial charge < -0.3 is 33.7 Å². The van der Waals surface area contributed by atoms with Crippen molar-refractivity contribution in [1.29, 1.82) is 0 Å². The number of nitrogens with one attached hydrogen (secondary N) is 1. The topological polar surface area (TPSA) is 170 Å². The lowest BCUT2D eigenvalue weighted by atomic mass is 9.75. The van der Waals surface area contributed by atoms with E-state index in [-0.39, 0.29) is 43.0 Å². The third kappa shape index (κ3) is 17.8. The van der Waals surface area contributed by atoms with Crippen molar-refractivity contribution in [3.63, 3.8) is 0 Å². The molecule has 13 heteroatoms. The molecule has 1 aromatic rings. The number of rotatable bonds is 23. The summed E-state index contributed by atoms with van der Waals surface area (Å²) in [6.45, 7) is 23.5. The minimum Gasteiger partial charge on any atom is -0.462 e. The van der Waals surface area contributed by atoms with Crippen LogP contribution >= 0.6 is 0 Å². The van der Waals surface area contributed by atoms with Crippen molar-refractivity contribution in [3.05, 3.63) is 86.0 Å². The SMILES string of the molecule is C=CC(=O)OCC(COCC(COC(=O)C=C)(COC(=O)C=C)CC(C)(C)C)(COC(=O)C=C)COC(=O)c1ccccc1C(=O)NCCC(C)(C)C. The second-order valence-corrected chi connectivity index (χ2v) is 15.2. The van der Waals surface area contributed by atoms with E-state index in [4.69, 9.17) is 28.4 Å². The summed E-state index contributed by atoms with van der Waals surface area (Å²) in [6.07, 6.45) is 4.87. The lowest BCUT2D eigenvalue weighted by Gasteiger charge is -2.39. The average Bonchev–Trinajstić information content (AvgIpc) is 3.11. The van der Waals surface area contributed by atoms with Crippen molar-refractivity contribution < 1.29 is 57.2 Å². The quantitative estimate of drug-likeness (QED) is 0.0868. The molecule has 0 radical (unpaired) electrons. The molecule has 13 nitrogen and oxygen atoms in total. The Morgan fingerprint density at radius 1 is 0.566 bits per heavy atom. The number of carbonyl (C=O) groups is 6. The molecule has 0 saturated heterocycles. The summed E-state index contributed by atoms with van der Waals surface area (Å²) in [4.78, 5) is 75.5. The summed E-state index contributed by atoms with van der Waals surface area (Å²) in [5.41, 5.74) is -3.02. The molecule has 0 fully saturated rings. The maximum absolute atomic E-state index is 13.6. The molecule has 0 aliphatic rings. The third-order valence-corrected chi connectivity index (χ3v) is 7.53. The van der Waals surface area contributed by atoms with Crippen LogP contribution in [0.2, 0.25) is 0 Å². The van der Waals surface area contributed by atoms with E-state index >= 15 is 0 Å². The van der Waals surface area contributed by atoms with E-state index in [9.17, 15) is 28.8 Å². The Hall–Kier alpha value is -5.04. The number of hydrogen-bond donors (Lipinski definition) is 1. The van der Waals surface area contributed by atoms with Gasteiger partial charge in [-0.15, -0.1) is 0 Å². The smallest absolute Gasteiger partial charge is 0.338 e. The van der Waals surface area contributed by atoms with Gasteiger partial charge in [0.15, 0.2) is 0 Å². The van der Waals surface area contributed by atoms with Gasteiger partial charge in [0.2, 0.25) is 0 Å². The lowest BCUT2D eigenvalue weighted by molar-refractivity contribution is -0.162. The second-order valence-electron chi connectivity index (χ2n) is 15.2. The summed E-state index contributed by atoms with van der Waals surface area (Å²) in [6, 6.07) is 6.11. The molecular formula is C40H55NO12. The molecule has 0 atom stereocenters. The van der Waals surface area contributed by atoms with Crippen LogP contribution in [0.1, 0.15) is 75.1 Å². The first-order valence-electron chi connectivity index (χ1n) is 17.0. The minimum atomic E-state index is -1.53. The predicted molar refractivity (Wildman–Crippen MR) is 198 cm³/mol. The Bertz CT molecular complexity index is 1430. The first-order valence-corrected chi connectivity index (χ1v) is 17.0. The monoisotopic (exact) mass is 741 g/mol. The van der Waals surface area contributed by atoms with E-state index in [0.29, 0.717) is 19.4 Å². The molecule has 0 spiro atoms. The van der Waals surface area contributed by atoms with Gasteiger partial charge in [-0.3, -0.25) is 4.79 Å². The van der Waals surface area contributed by atoms with E-state index in [1.807, 2.05) is 41.5 Å². The molecular weight excluding hydrogens is 686 g/mol. The van der Waals surface area contributed by atoms with Crippen molar-refractivity contribution in [2.75, 3.05) is 52.8 Å². The van der Waals surface area contributed by atoms with E-state index in [1.54, 1.807) is 12.1 Å². The highest BCUT2D eigenvalue weighted by molar-refractivity contribution is 6.05. The van der Waals surface area contributed by atoms with Crippen LogP contribution in [0.4, 0.5) is 0 Å². The van der Waals surface area contributed by atoms with Crippen LogP contribution in [0.15, 0.2) is 74.9 Å². The number of esters is 5. The van der Waals surface area contributed by atoms with Crippen molar-refractivity contribution in [3.8, 4) is 0 Å². The Labute approximate surface area is 312 Å². The van der Waals surface area contributed by atoms with Crippen molar-refractivity contribution in [2.45, 2.75) is 54.4 Å². The maximum Gasteiger partial charge on any atom is 0.338 e. The highest BCUT2D eigenvalue weighted by Gasteiger charge is 2.41. The summed E-state index contributed by atoms with van der Waals surface area (Å²) < 4.78 is 33.5. The zero-order valence-electron chi connectivity index (χ0n) is 31.9. The number of carbonyl (C=O) groups excluding carboxylic acids is 6. The van der Waals surface area contributed by atoms with Crippen LogP contribution in [0.5, 0.6) is 0 Å². The average molecular weight is 742 g/mol. The minimum absolute atomic E-state index is 0.0281. The Kier molecular flexibility index (Phi) is 18.6. The molecule has 0 bridgehead atoms. The largest absolute Gasteiger partial charge is 0.462 e. The molecule has 1 aromatic carbocycles. The molecule has 53 heavy (non-hydrogen) atoms. The fraction of sp³-hybridized carbons (Fsp3) is 0.500. The molecule has 0 aliphatic heterocycles. The Balaban J connectivity index is 3.54. The van der Waals surface area contributed by atoms with Crippen LogP contribution in [0.25, 0.3) is 0 Å². The van der Waals surface area contributed by atoms with E-state index in [1.165, 1.54) is 12.1 Å². The van der Waals surface area contributed by atoms with Gasteiger partial charge in [0.1, 0.15) is 33.0 Å². The highest BCUT2D eigenvalue weighted by atomic mass is 16.6. The molecule has 292 valence electrons. The van der Waals surface area contributed by atoms with E-state index in [0.717, 1.165) is 24.3 Å². The van der Waals surface area contributed by atoms with E-state index < -0.39 is 71.8 Å². The molecule has 0 aliphatic carbocycles. The normalized spacial score (nSPS) is 11.7. The van der Waals surface area contributed by atoms with Gasteiger partial charge in [0, 0.05) is 30.8 Å². The standard InChI is InChI=1S/C40H55NO12/c1-11-31(42)49-24-39(21-38(8,9)10,25-50-32(43)12-2)22-48-23-40(26-51-33(44)13-3,27-52-34(45)14-4)28-53-36(47)30-18-16-15-17-29(30)35(46)41-20-19-37(5,6)7/h11-18H,1-4,19-28H2,5-10H3,(H,41,46). The van der Waals surface area contributed by atoms with Crippen molar-refractivity contribution >= 4 is 35.8 Å². The zero-order valence-corrected chi connectivity index (χ0v) is 31.9. The summed E-state index contributed by atoms with van der Waals surface area (Å²) in [5.74, 6) is -4.41. The van der Waals surface area contributed by atoms with Gasteiger partial charge >= 0.3 is 29.8 Å². The molecule has 1 amide bonds. The number of benzene rings is 1. The first-order chi connectivity index (χ1) is 24.7. The molecule has 0 unspecified atom stereocenters. The lowest BCUT2D eigenvalue weighted by Crippen LogP contribution is -2.46. The molecule has 0 saturated carbocycles. The summed E-state index contributed by atoms with van der Waals surface area (Å²) >= 11 is 0. The van der Waals surface area contributed by atoms with Gasteiger partial charge in [-0.1, -0.05) is 80.0 Å². The Morgan fingerprint density at radius 3 is 1.38 bits per heavy atom. The zero-order chi connectivity index (χ0) is 40.3. The van der Waals surface area contributed by atoms with Gasteiger partial charge in [-0.25, -0.2) is 24.0 Å². The fourth-order valence-electron chi connectivity index (χ4n) is 5.07. The van der Waals surface area contributed by atoms with Gasteiger partial charge in [0.25, 0.3) is 5.91 Å². The first kappa shape index (κ1) is 46.0. The van der Waals surface area contributed by atoms with Crippen LogP contribution in [-0.4, -0.2) is 88.5 Å². The van der Waals surface area contributed by atoms with Crippen LogP contribution in [-0.2, 0) is 47.6 Å². The summed E-state index contributed by atoms with van der Waals surface area (Å²) in [7, 11) is 0. The van der Waals surface area contributed by atoms with Crippen molar-refractivity contribution in [2.24, 2.45) is 21.7 Å². The molecule has 1 rings (SSSR count). The molecule has 0 aromatic heterocycles. The van der Waals surface area contributed by atoms with Crippen LogP contribution in [0, 0.1) is 21.7 Å². The Morgan fingerprint density at radius 2 is 0.962 bits per heavy atom. The van der Waals surface area contributed by atoms with Crippen molar-refractivity contribution in [1.82, 2.24) is 5.32 Å². The van der Waals surface area contributed by atoms with E-state index in [2.05, 4.69) is 31.6 Å². The van der Waals surface area contributed by atoms with Crippen LogP contribution in [0.3, 0.4) is 0 Å². The van der Waals surface area contributed by atoms with Gasteiger partial charge in [-0.2, -0.15) is 0 Å². The molecule has 1 N–H and O–H groups in total. The molecule has 0 heterocycles. The highest BCUT2D eigenvalue weighted by Crippen LogP contribution is 2.36. The number of hydrogen-bond acceptors (Lipinski definition) is 12. The third-order valence-electron chi connectivity index (χ3n) is 7.53. The fourth-order valence-corrected chi connectivity index (χ4v) is 5.07.